The molecule has 0 atom stereocenters. The smallest absolute Gasteiger partial charge is 0.147 e. The Kier molecular flexibility index (Phi) is 2.39. The molecule has 0 aliphatic carbocycles. The number of rotatable bonds is 0. The van der Waals surface area contributed by atoms with Crippen LogP contribution in [0.25, 0.3) is 27.3 Å². The average molecular weight is 329 g/mol. The molecular formula is C16H10BrFN2. The zero-order valence-electron chi connectivity index (χ0n) is 10.7. The van der Waals surface area contributed by atoms with Crippen LogP contribution >= 0.6 is 15.9 Å². The second kappa shape index (κ2) is 4.03. The number of fused-ring (bicyclic) bond motifs is 6. The molecule has 0 aliphatic rings. The number of hydrogen-bond acceptors (Lipinski definition) is 1. The first kappa shape index (κ1) is 11.9. The topological polar surface area (TPSA) is 17.3 Å². The Labute approximate surface area is 123 Å². The summed E-state index contributed by atoms with van der Waals surface area (Å²) in [7, 11) is 0. The molecule has 4 aromatic rings. The molecule has 0 saturated heterocycles. The molecule has 0 aliphatic heterocycles. The summed E-state index contributed by atoms with van der Waals surface area (Å²) < 4.78 is 17.0. The number of nitrogens with zero attached hydrogens (tertiary/aromatic N) is 2. The van der Waals surface area contributed by atoms with Gasteiger partial charge in [-0.25, -0.2) is 9.37 Å². The minimum Gasteiger partial charge on any atom is -0.283 e. The van der Waals surface area contributed by atoms with Gasteiger partial charge in [0.05, 0.1) is 11.7 Å². The Bertz CT molecular complexity index is 988. The predicted molar refractivity (Wildman–Crippen MR) is 82.6 cm³/mol. The van der Waals surface area contributed by atoms with Gasteiger partial charge in [0.25, 0.3) is 0 Å². The van der Waals surface area contributed by atoms with Gasteiger partial charge < -0.3 is 0 Å². The molecule has 2 heterocycles. The van der Waals surface area contributed by atoms with Gasteiger partial charge in [-0.3, -0.25) is 4.40 Å². The van der Waals surface area contributed by atoms with E-state index in [2.05, 4.69) is 20.9 Å². The highest BCUT2D eigenvalue weighted by molar-refractivity contribution is 9.10. The fourth-order valence-electron chi connectivity index (χ4n) is 2.86. The molecule has 0 unspecified atom stereocenters. The van der Waals surface area contributed by atoms with Crippen molar-refractivity contribution in [2.75, 3.05) is 0 Å². The fraction of sp³-hybridized carbons (Fsp3) is 0.0625. The van der Waals surface area contributed by atoms with Crippen molar-refractivity contribution in [3.05, 3.63) is 58.6 Å². The summed E-state index contributed by atoms with van der Waals surface area (Å²) >= 11 is 3.47. The van der Waals surface area contributed by atoms with Crippen LogP contribution in [0.15, 0.2) is 47.2 Å². The molecule has 98 valence electrons. The lowest BCUT2D eigenvalue weighted by atomic mass is 10.0. The van der Waals surface area contributed by atoms with Crippen molar-refractivity contribution in [1.82, 2.24) is 9.38 Å². The SMILES string of the molecule is Cc1ccc(F)c2c1c1ccccc1c1ncc(Br)n12. The quantitative estimate of drug-likeness (QED) is 0.422. The van der Waals surface area contributed by atoms with E-state index in [1.54, 1.807) is 6.20 Å². The van der Waals surface area contributed by atoms with Crippen LogP contribution in [0.1, 0.15) is 5.56 Å². The van der Waals surface area contributed by atoms with Gasteiger partial charge in [0, 0.05) is 10.8 Å². The lowest BCUT2D eigenvalue weighted by molar-refractivity contribution is 0.635. The molecule has 4 rings (SSSR count). The van der Waals surface area contributed by atoms with Gasteiger partial charge in [-0.2, -0.15) is 0 Å². The van der Waals surface area contributed by atoms with Crippen LogP contribution < -0.4 is 0 Å². The third kappa shape index (κ3) is 1.40. The molecule has 0 bridgehead atoms. The van der Waals surface area contributed by atoms with Crippen molar-refractivity contribution < 1.29 is 4.39 Å². The van der Waals surface area contributed by atoms with Gasteiger partial charge in [0.1, 0.15) is 16.1 Å². The van der Waals surface area contributed by atoms with Crippen molar-refractivity contribution in [3.8, 4) is 0 Å². The maximum absolute atomic E-state index is 14.4. The van der Waals surface area contributed by atoms with Crippen LogP contribution in [-0.2, 0) is 0 Å². The second-order valence-electron chi connectivity index (χ2n) is 4.87. The van der Waals surface area contributed by atoms with Crippen LogP contribution in [0, 0.1) is 12.7 Å². The van der Waals surface area contributed by atoms with E-state index < -0.39 is 0 Å². The number of hydrogen-bond donors (Lipinski definition) is 0. The predicted octanol–water partition coefficient (Wildman–Crippen LogP) is 4.85. The Hall–Kier alpha value is -1.94. The summed E-state index contributed by atoms with van der Waals surface area (Å²) in [4.78, 5) is 4.42. The van der Waals surface area contributed by atoms with E-state index >= 15 is 0 Å². The van der Waals surface area contributed by atoms with Gasteiger partial charge in [0.15, 0.2) is 0 Å². The summed E-state index contributed by atoms with van der Waals surface area (Å²) in [5, 5.41) is 3.00. The largest absolute Gasteiger partial charge is 0.283 e. The maximum atomic E-state index is 14.4. The molecule has 2 aromatic heterocycles. The lowest BCUT2D eigenvalue weighted by Crippen LogP contribution is -1.96. The Balaban J connectivity index is 2.51. The first-order valence-corrected chi connectivity index (χ1v) is 7.10. The Morgan fingerprint density at radius 2 is 1.85 bits per heavy atom. The first-order valence-electron chi connectivity index (χ1n) is 6.31. The van der Waals surface area contributed by atoms with E-state index in [1.165, 1.54) is 6.07 Å². The summed E-state index contributed by atoms with van der Waals surface area (Å²) in [6.45, 7) is 2.00. The lowest BCUT2D eigenvalue weighted by Gasteiger charge is -2.11. The van der Waals surface area contributed by atoms with Crippen LogP contribution in [0.3, 0.4) is 0 Å². The standard InChI is InChI=1S/C16H10BrFN2/c1-9-6-7-12(18)15-14(9)10-4-2-3-5-11(10)16-19-8-13(17)20(15)16/h2-8H,1H3. The summed E-state index contributed by atoms with van der Waals surface area (Å²) in [6, 6.07) is 11.3. The molecular weight excluding hydrogens is 319 g/mol. The van der Waals surface area contributed by atoms with Crippen molar-refractivity contribution in [1.29, 1.82) is 0 Å². The molecule has 0 spiro atoms. The average Bonchev–Trinajstić information content (AvgIpc) is 2.85. The van der Waals surface area contributed by atoms with Gasteiger partial charge >= 0.3 is 0 Å². The van der Waals surface area contributed by atoms with E-state index in [0.29, 0.717) is 5.52 Å². The highest BCUT2D eigenvalue weighted by atomic mass is 79.9. The van der Waals surface area contributed by atoms with Crippen LogP contribution in [0.2, 0.25) is 0 Å². The minimum atomic E-state index is -0.236. The van der Waals surface area contributed by atoms with Crippen molar-refractivity contribution in [2.24, 2.45) is 0 Å². The minimum absolute atomic E-state index is 0.236. The van der Waals surface area contributed by atoms with E-state index in [-0.39, 0.29) is 5.82 Å². The van der Waals surface area contributed by atoms with Gasteiger partial charge in [0.2, 0.25) is 0 Å². The normalized spacial score (nSPS) is 11.8. The first-order chi connectivity index (χ1) is 9.68. The van der Waals surface area contributed by atoms with Gasteiger partial charge in [-0.1, -0.05) is 30.3 Å². The number of benzene rings is 2. The molecule has 4 heteroatoms. The number of pyridine rings is 1. The molecule has 20 heavy (non-hydrogen) atoms. The second-order valence-corrected chi connectivity index (χ2v) is 5.69. The zero-order valence-corrected chi connectivity index (χ0v) is 12.3. The highest BCUT2D eigenvalue weighted by Gasteiger charge is 2.15. The molecule has 0 saturated carbocycles. The molecule has 0 N–H and O–H groups in total. The number of imidazole rings is 1. The molecule has 0 amide bonds. The summed E-state index contributed by atoms with van der Waals surface area (Å²) in [5.41, 5.74) is 2.40. The molecule has 2 aromatic carbocycles. The van der Waals surface area contributed by atoms with E-state index in [1.807, 2.05) is 41.7 Å². The highest BCUT2D eigenvalue weighted by Crippen LogP contribution is 2.34. The van der Waals surface area contributed by atoms with E-state index in [4.69, 9.17) is 0 Å². The third-order valence-corrected chi connectivity index (χ3v) is 4.28. The van der Waals surface area contributed by atoms with E-state index in [0.717, 1.165) is 32.0 Å². The van der Waals surface area contributed by atoms with Crippen molar-refractivity contribution in [2.45, 2.75) is 6.92 Å². The molecule has 2 nitrogen and oxygen atoms in total. The fourth-order valence-corrected chi connectivity index (χ4v) is 3.30. The third-order valence-electron chi connectivity index (χ3n) is 3.72. The number of halogens is 2. The van der Waals surface area contributed by atoms with Crippen molar-refractivity contribution >= 4 is 43.3 Å². The molecule has 0 radical (unpaired) electrons. The van der Waals surface area contributed by atoms with Crippen LogP contribution in [-0.4, -0.2) is 9.38 Å². The zero-order chi connectivity index (χ0) is 13.9. The maximum Gasteiger partial charge on any atom is 0.147 e. The van der Waals surface area contributed by atoms with Gasteiger partial charge in [-0.15, -0.1) is 0 Å². The van der Waals surface area contributed by atoms with Crippen LogP contribution in [0.5, 0.6) is 0 Å². The van der Waals surface area contributed by atoms with E-state index in [9.17, 15) is 4.39 Å². The Morgan fingerprint density at radius 1 is 1.10 bits per heavy atom. The number of aromatic nitrogens is 2. The van der Waals surface area contributed by atoms with Gasteiger partial charge in [-0.05, 0) is 39.9 Å². The number of aryl methyl sites for hydroxylation is 1. The molecule has 0 fully saturated rings. The monoisotopic (exact) mass is 328 g/mol. The van der Waals surface area contributed by atoms with Crippen LogP contribution in [0.4, 0.5) is 4.39 Å². The van der Waals surface area contributed by atoms with Crippen molar-refractivity contribution in [3.63, 3.8) is 0 Å². The summed E-state index contributed by atoms with van der Waals surface area (Å²) in [6.07, 6.45) is 1.71. The summed E-state index contributed by atoms with van der Waals surface area (Å²) in [5.74, 6) is -0.236. The Morgan fingerprint density at radius 3 is 2.65 bits per heavy atom.